The smallest absolute Gasteiger partial charge is 0.338 e. The van der Waals surface area contributed by atoms with Gasteiger partial charge in [0.05, 0.1) is 18.3 Å². The highest BCUT2D eigenvalue weighted by molar-refractivity contribution is 5.89. The Morgan fingerprint density at radius 2 is 2.10 bits per heavy atom. The van der Waals surface area contributed by atoms with Gasteiger partial charge in [-0.15, -0.1) is 6.42 Å². The maximum Gasteiger partial charge on any atom is 0.338 e. The van der Waals surface area contributed by atoms with E-state index in [1.807, 2.05) is 0 Å². The molecular formula is C15H15FO5. The standard InChI is InChI=1S/C15H15FO5/c1-2-15(20,13(16)8-12(18)9-17)10-21-14(19)11-6-4-3-5-7-11/h1,3-8,12,17-18,20H,9-10H2/b13-8+/t12-,15+/m1/s1. The van der Waals surface area contributed by atoms with Gasteiger partial charge in [-0.25, -0.2) is 9.18 Å². The summed E-state index contributed by atoms with van der Waals surface area (Å²) in [6.07, 6.45) is 4.07. The third kappa shape index (κ3) is 4.68. The second kappa shape index (κ2) is 7.55. The van der Waals surface area contributed by atoms with Gasteiger partial charge in [-0.05, 0) is 18.2 Å². The SMILES string of the molecule is C#C[C@](O)(COC(=O)c1ccccc1)/C(F)=C\[C@@H](O)CO. The summed E-state index contributed by atoms with van der Waals surface area (Å²) in [7, 11) is 0. The summed E-state index contributed by atoms with van der Waals surface area (Å²) in [5, 5.41) is 27.6. The van der Waals surface area contributed by atoms with Crippen LogP contribution in [0.2, 0.25) is 0 Å². The van der Waals surface area contributed by atoms with Crippen LogP contribution in [0.5, 0.6) is 0 Å². The molecule has 0 aromatic heterocycles. The molecule has 0 amide bonds. The van der Waals surface area contributed by atoms with E-state index in [1.165, 1.54) is 12.1 Å². The van der Waals surface area contributed by atoms with Crippen molar-refractivity contribution in [1.82, 2.24) is 0 Å². The van der Waals surface area contributed by atoms with Crippen molar-refractivity contribution in [2.24, 2.45) is 0 Å². The fourth-order valence-corrected chi connectivity index (χ4v) is 1.37. The van der Waals surface area contributed by atoms with Gasteiger partial charge in [-0.1, -0.05) is 24.1 Å². The van der Waals surface area contributed by atoms with E-state index in [0.29, 0.717) is 6.08 Å². The van der Waals surface area contributed by atoms with Gasteiger partial charge in [0.25, 0.3) is 0 Å². The molecule has 1 aromatic carbocycles. The lowest BCUT2D eigenvalue weighted by molar-refractivity contribution is 0.00646. The topological polar surface area (TPSA) is 87.0 Å². The van der Waals surface area contributed by atoms with Crippen LogP contribution in [0.15, 0.2) is 42.2 Å². The van der Waals surface area contributed by atoms with E-state index in [2.05, 4.69) is 0 Å². The van der Waals surface area contributed by atoms with Gasteiger partial charge in [-0.2, -0.15) is 0 Å². The van der Waals surface area contributed by atoms with E-state index < -0.39 is 36.7 Å². The number of hydrogen-bond acceptors (Lipinski definition) is 5. The van der Waals surface area contributed by atoms with Crippen molar-refractivity contribution < 1.29 is 29.2 Å². The highest BCUT2D eigenvalue weighted by Gasteiger charge is 2.33. The van der Waals surface area contributed by atoms with Gasteiger partial charge < -0.3 is 20.1 Å². The summed E-state index contributed by atoms with van der Waals surface area (Å²) in [4.78, 5) is 11.7. The average molecular weight is 294 g/mol. The molecule has 0 radical (unpaired) electrons. The molecule has 0 spiro atoms. The Bertz CT molecular complexity index is 549. The lowest BCUT2D eigenvalue weighted by Crippen LogP contribution is -2.35. The number of aliphatic hydroxyl groups is 3. The number of ether oxygens (including phenoxy) is 1. The van der Waals surface area contributed by atoms with Crippen LogP contribution in [0.1, 0.15) is 10.4 Å². The van der Waals surface area contributed by atoms with Crippen LogP contribution >= 0.6 is 0 Å². The van der Waals surface area contributed by atoms with Crippen LogP contribution in [0.4, 0.5) is 4.39 Å². The van der Waals surface area contributed by atoms with Crippen LogP contribution in [0.25, 0.3) is 0 Å². The van der Waals surface area contributed by atoms with Crippen LogP contribution in [-0.4, -0.2) is 46.2 Å². The van der Waals surface area contributed by atoms with Crippen molar-refractivity contribution in [2.45, 2.75) is 11.7 Å². The quantitative estimate of drug-likeness (QED) is 0.523. The normalized spacial score (nSPS) is 15.7. The molecule has 0 aliphatic rings. The van der Waals surface area contributed by atoms with Crippen molar-refractivity contribution in [3.63, 3.8) is 0 Å². The minimum Gasteiger partial charge on any atom is -0.457 e. The molecule has 21 heavy (non-hydrogen) atoms. The number of hydrogen-bond donors (Lipinski definition) is 3. The molecule has 0 unspecified atom stereocenters. The predicted octanol–water partition coefficient (Wildman–Crippen LogP) is 0.414. The fourth-order valence-electron chi connectivity index (χ4n) is 1.37. The second-order valence-corrected chi connectivity index (χ2v) is 4.21. The first-order chi connectivity index (χ1) is 9.92. The van der Waals surface area contributed by atoms with Crippen molar-refractivity contribution in [3.8, 4) is 12.3 Å². The van der Waals surface area contributed by atoms with E-state index >= 15 is 0 Å². The Morgan fingerprint density at radius 3 is 2.62 bits per heavy atom. The molecule has 3 N–H and O–H groups in total. The van der Waals surface area contributed by atoms with Gasteiger partial charge in [0.1, 0.15) is 12.4 Å². The van der Waals surface area contributed by atoms with E-state index in [9.17, 15) is 14.3 Å². The first-order valence-corrected chi connectivity index (χ1v) is 6.02. The zero-order valence-electron chi connectivity index (χ0n) is 11.1. The molecule has 112 valence electrons. The maximum atomic E-state index is 13.7. The van der Waals surface area contributed by atoms with Crippen LogP contribution in [-0.2, 0) is 4.74 Å². The highest BCUT2D eigenvalue weighted by atomic mass is 19.1. The van der Waals surface area contributed by atoms with Crippen molar-refractivity contribution in [2.75, 3.05) is 13.2 Å². The predicted molar refractivity (Wildman–Crippen MR) is 72.8 cm³/mol. The highest BCUT2D eigenvalue weighted by Crippen LogP contribution is 2.19. The molecule has 0 aliphatic heterocycles. The second-order valence-electron chi connectivity index (χ2n) is 4.21. The molecule has 1 rings (SSSR count). The van der Waals surface area contributed by atoms with Crippen LogP contribution in [0, 0.1) is 12.3 Å². The van der Waals surface area contributed by atoms with E-state index in [-0.39, 0.29) is 5.56 Å². The number of rotatable bonds is 6. The Morgan fingerprint density at radius 1 is 1.48 bits per heavy atom. The van der Waals surface area contributed by atoms with Gasteiger partial charge in [0.15, 0.2) is 0 Å². The van der Waals surface area contributed by atoms with Crippen molar-refractivity contribution in [1.29, 1.82) is 0 Å². The molecule has 2 atom stereocenters. The molecule has 0 saturated heterocycles. The third-order valence-corrected chi connectivity index (χ3v) is 2.58. The lowest BCUT2D eigenvalue weighted by Gasteiger charge is -2.20. The summed E-state index contributed by atoms with van der Waals surface area (Å²) in [6.45, 7) is -1.56. The summed E-state index contributed by atoms with van der Waals surface area (Å²) in [5.74, 6) is -0.306. The molecule has 0 aliphatic carbocycles. The monoisotopic (exact) mass is 294 g/mol. The Labute approximate surface area is 121 Å². The molecule has 0 saturated carbocycles. The Balaban J connectivity index is 2.76. The van der Waals surface area contributed by atoms with Gasteiger partial charge in [-0.3, -0.25) is 0 Å². The number of aliphatic hydroxyl groups excluding tert-OH is 2. The van der Waals surface area contributed by atoms with E-state index in [1.54, 1.807) is 24.1 Å². The summed E-state index contributed by atoms with van der Waals surface area (Å²) in [6, 6.07) is 7.90. The average Bonchev–Trinajstić information content (AvgIpc) is 2.52. The minimum absolute atomic E-state index is 0.219. The molecule has 5 nitrogen and oxygen atoms in total. The van der Waals surface area contributed by atoms with Gasteiger partial charge in [0.2, 0.25) is 5.60 Å². The largest absolute Gasteiger partial charge is 0.457 e. The summed E-state index contributed by atoms with van der Waals surface area (Å²) in [5.41, 5.74) is -2.28. The minimum atomic E-state index is -2.50. The lowest BCUT2D eigenvalue weighted by atomic mass is 10.0. The molecule has 1 aromatic rings. The number of benzene rings is 1. The first-order valence-electron chi connectivity index (χ1n) is 6.02. The van der Waals surface area contributed by atoms with E-state index in [4.69, 9.17) is 21.4 Å². The zero-order chi connectivity index (χ0) is 15.9. The Hall–Kier alpha value is -2.20. The molecule has 6 heteroatoms. The van der Waals surface area contributed by atoms with Gasteiger partial charge >= 0.3 is 5.97 Å². The fraction of sp³-hybridized carbons (Fsp3) is 0.267. The zero-order valence-corrected chi connectivity index (χ0v) is 11.1. The number of esters is 1. The van der Waals surface area contributed by atoms with Crippen LogP contribution in [0.3, 0.4) is 0 Å². The Kier molecular flexibility index (Phi) is 6.06. The molecule has 0 fully saturated rings. The number of carbonyl (C=O) groups excluding carboxylic acids is 1. The first kappa shape index (κ1) is 16.9. The number of terminal acetylenes is 1. The number of halogens is 1. The van der Waals surface area contributed by atoms with E-state index in [0.717, 1.165) is 0 Å². The maximum absolute atomic E-state index is 13.7. The molecule has 0 heterocycles. The molecular weight excluding hydrogens is 279 g/mol. The third-order valence-electron chi connectivity index (χ3n) is 2.58. The van der Waals surface area contributed by atoms with Crippen molar-refractivity contribution in [3.05, 3.63) is 47.8 Å². The van der Waals surface area contributed by atoms with Crippen molar-refractivity contribution >= 4 is 5.97 Å². The van der Waals surface area contributed by atoms with Crippen LogP contribution < -0.4 is 0 Å². The van der Waals surface area contributed by atoms with Gasteiger partial charge in [0, 0.05) is 0 Å². The summed E-state index contributed by atoms with van der Waals surface area (Å²) < 4.78 is 18.5. The number of carbonyl (C=O) groups is 1. The molecule has 0 bridgehead atoms. The summed E-state index contributed by atoms with van der Waals surface area (Å²) >= 11 is 0.